The maximum atomic E-state index is 10.4. The number of hydrogen-bond acceptors (Lipinski definition) is 3. The lowest BCUT2D eigenvalue weighted by Gasteiger charge is -2.34. The predicted molar refractivity (Wildman–Crippen MR) is 73.7 cm³/mol. The standard InChI is InChI=1S/C14H28N2O2/c1-14(2,3)6-8-16-7-4-5-12(11-16)9-15-10-13(17)18/h12,15H,4-11H2,1-3H3,(H,17,18). The van der Waals surface area contributed by atoms with E-state index in [-0.39, 0.29) is 6.54 Å². The Bertz CT molecular complexity index is 261. The molecule has 18 heavy (non-hydrogen) atoms. The summed E-state index contributed by atoms with van der Waals surface area (Å²) < 4.78 is 0. The number of rotatable bonds is 6. The lowest BCUT2D eigenvalue weighted by molar-refractivity contribution is -0.136. The fourth-order valence-electron chi connectivity index (χ4n) is 2.40. The predicted octanol–water partition coefficient (Wildman–Crippen LogP) is 1.81. The van der Waals surface area contributed by atoms with Gasteiger partial charge < -0.3 is 15.3 Å². The van der Waals surface area contributed by atoms with Crippen LogP contribution in [0.2, 0.25) is 0 Å². The summed E-state index contributed by atoms with van der Waals surface area (Å²) >= 11 is 0. The minimum absolute atomic E-state index is 0.0818. The van der Waals surface area contributed by atoms with E-state index in [2.05, 4.69) is 31.0 Å². The van der Waals surface area contributed by atoms with E-state index in [0.717, 1.165) is 13.1 Å². The zero-order valence-electron chi connectivity index (χ0n) is 12.0. The van der Waals surface area contributed by atoms with Gasteiger partial charge in [0.15, 0.2) is 0 Å². The number of carbonyl (C=O) groups is 1. The van der Waals surface area contributed by atoms with Crippen LogP contribution in [0, 0.1) is 11.3 Å². The molecule has 1 atom stereocenters. The lowest BCUT2D eigenvalue weighted by Crippen LogP contribution is -2.41. The van der Waals surface area contributed by atoms with E-state index in [1.54, 1.807) is 0 Å². The molecule has 1 aliphatic rings. The van der Waals surface area contributed by atoms with Crippen LogP contribution < -0.4 is 5.32 Å². The van der Waals surface area contributed by atoms with Crippen molar-refractivity contribution in [2.24, 2.45) is 11.3 Å². The third-order valence-electron chi connectivity index (χ3n) is 3.49. The van der Waals surface area contributed by atoms with Gasteiger partial charge in [-0.25, -0.2) is 0 Å². The van der Waals surface area contributed by atoms with E-state index in [0.29, 0.717) is 11.3 Å². The average Bonchev–Trinajstić information content (AvgIpc) is 2.26. The molecule has 0 bridgehead atoms. The number of nitrogens with zero attached hydrogens (tertiary/aromatic N) is 1. The summed E-state index contributed by atoms with van der Waals surface area (Å²) in [7, 11) is 0. The van der Waals surface area contributed by atoms with Crippen LogP contribution >= 0.6 is 0 Å². The van der Waals surface area contributed by atoms with Crippen molar-refractivity contribution >= 4 is 5.97 Å². The number of carboxylic acid groups (broad SMARTS) is 1. The fraction of sp³-hybridized carbons (Fsp3) is 0.929. The molecule has 0 amide bonds. The largest absolute Gasteiger partial charge is 0.480 e. The molecular formula is C14H28N2O2. The third kappa shape index (κ3) is 6.97. The summed E-state index contributed by atoms with van der Waals surface area (Å²) in [5.74, 6) is -0.159. The first-order valence-corrected chi connectivity index (χ1v) is 7.02. The van der Waals surface area contributed by atoms with Crippen LogP contribution in [0.1, 0.15) is 40.0 Å². The van der Waals surface area contributed by atoms with Gasteiger partial charge in [-0.15, -0.1) is 0 Å². The average molecular weight is 256 g/mol. The van der Waals surface area contributed by atoms with E-state index in [1.165, 1.54) is 32.4 Å². The highest BCUT2D eigenvalue weighted by atomic mass is 16.4. The first-order valence-electron chi connectivity index (χ1n) is 7.02. The zero-order valence-corrected chi connectivity index (χ0v) is 12.0. The third-order valence-corrected chi connectivity index (χ3v) is 3.49. The van der Waals surface area contributed by atoms with Gasteiger partial charge in [0.1, 0.15) is 0 Å². The van der Waals surface area contributed by atoms with Crippen molar-refractivity contribution < 1.29 is 9.90 Å². The van der Waals surface area contributed by atoms with Crippen molar-refractivity contribution in [3.63, 3.8) is 0 Å². The number of hydrogen-bond donors (Lipinski definition) is 2. The SMILES string of the molecule is CC(C)(C)CCN1CCCC(CNCC(=O)O)C1. The minimum atomic E-state index is -0.768. The molecule has 2 N–H and O–H groups in total. The van der Waals surface area contributed by atoms with Crippen LogP contribution in [0.25, 0.3) is 0 Å². The second-order valence-electron chi connectivity index (χ2n) is 6.64. The molecule has 0 aromatic rings. The normalized spacial score (nSPS) is 22.1. The van der Waals surface area contributed by atoms with Gasteiger partial charge >= 0.3 is 5.97 Å². The maximum absolute atomic E-state index is 10.4. The van der Waals surface area contributed by atoms with E-state index >= 15 is 0 Å². The number of piperidine rings is 1. The molecule has 0 aromatic heterocycles. The molecular weight excluding hydrogens is 228 g/mol. The van der Waals surface area contributed by atoms with Crippen LogP contribution in [-0.2, 0) is 4.79 Å². The first-order chi connectivity index (χ1) is 8.37. The summed E-state index contributed by atoms with van der Waals surface area (Å²) in [4.78, 5) is 13.0. The molecule has 4 nitrogen and oxygen atoms in total. The second kappa shape index (κ2) is 7.10. The first kappa shape index (κ1) is 15.4. The van der Waals surface area contributed by atoms with Crippen molar-refractivity contribution in [1.82, 2.24) is 10.2 Å². The van der Waals surface area contributed by atoms with Gasteiger partial charge in [0.2, 0.25) is 0 Å². The molecule has 1 saturated heterocycles. The summed E-state index contributed by atoms with van der Waals surface area (Å²) in [6.07, 6.45) is 3.68. The van der Waals surface area contributed by atoms with Crippen molar-refractivity contribution in [2.45, 2.75) is 40.0 Å². The molecule has 1 rings (SSSR count). The quantitative estimate of drug-likeness (QED) is 0.761. The Morgan fingerprint density at radius 2 is 2.17 bits per heavy atom. The summed E-state index contributed by atoms with van der Waals surface area (Å²) in [5, 5.41) is 11.6. The molecule has 1 aliphatic heterocycles. The van der Waals surface area contributed by atoms with Gasteiger partial charge in [0.05, 0.1) is 6.54 Å². The number of nitrogens with one attached hydrogen (secondary N) is 1. The van der Waals surface area contributed by atoms with Crippen LogP contribution in [0.3, 0.4) is 0 Å². The minimum Gasteiger partial charge on any atom is -0.480 e. The smallest absolute Gasteiger partial charge is 0.317 e. The molecule has 106 valence electrons. The molecule has 0 aromatic carbocycles. The Kier molecular flexibility index (Phi) is 6.09. The van der Waals surface area contributed by atoms with Crippen LogP contribution in [0.4, 0.5) is 0 Å². The summed E-state index contributed by atoms with van der Waals surface area (Å²) in [6, 6.07) is 0. The van der Waals surface area contributed by atoms with Gasteiger partial charge in [0.25, 0.3) is 0 Å². The number of carboxylic acids is 1. The summed E-state index contributed by atoms with van der Waals surface area (Å²) in [5.41, 5.74) is 0.397. The van der Waals surface area contributed by atoms with E-state index in [1.807, 2.05) is 0 Å². The molecule has 1 fully saturated rings. The molecule has 1 unspecified atom stereocenters. The van der Waals surface area contributed by atoms with Gasteiger partial charge in [-0.2, -0.15) is 0 Å². The van der Waals surface area contributed by atoms with Crippen molar-refractivity contribution in [3.05, 3.63) is 0 Å². The van der Waals surface area contributed by atoms with Crippen LogP contribution in [0.5, 0.6) is 0 Å². The highest BCUT2D eigenvalue weighted by Gasteiger charge is 2.21. The zero-order chi connectivity index (χ0) is 13.6. The van der Waals surface area contributed by atoms with Crippen LogP contribution in [-0.4, -0.2) is 48.7 Å². The van der Waals surface area contributed by atoms with Crippen molar-refractivity contribution in [1.29, 1.82) is 0 Å². The van der Waals surface area contributed by atoms with E-state index < -0.39 is 5.97 Å². The fourth-order valence-corrected chi connectivity index (χ4v) is 2.40. The monoisotopic (exact) mass is 256 g/mol. The molecule has 4 heteroatoms. The Morgan fingerprint density at radius 3 is 2.78 bits per heavy atom. The Balaban J connectivity index is 2.21. The van der Waals surface area contributed by atoms with Crippen LogP contribution in [0.15, 0.2) is 0 Å². The second-order valence-corrected chi connectivity index (χ2v) is 6.64. The van der Waals surface area contributed by atoms with Crippen molar-refractivity contribution in [2.75, 3.05) is 32.7 Å². The number of likely N-dealkylation sites (tertiary alicyclic amines) is 1. The number of aliphatic carboxylic acids is 1. The molecule has 0 saturated carbocycles. The lowest BCUT2D eigenvalue weighted by atomic mass is 9.91. The van der Waals surface area contributed by atoms with E-state index in [9.17, 15) is 4.79 Å². The van der Waals surface area contributed by atoms with Gasteiger partial charge in [-0.05, 0) is 50.2 Å². The highest BCUT2D eigenvalue weighted by Crippen LogP contribution is 2.21. The molecule has 0 radical (unpaired) electrons. The topological polar surface area (TPSA) is 52.6 Å². The Morgan fingerprint density at radius 1 is 1.44 bits per heavy atom. The molecule has 0 aliphatic carbocycles. The summed E-state index contributed by atoms with van der Waals surface area (Å²) in [6.45, 7) is 11.2. The van der Waals surface area contributed by atoms with Gasteiger partial charge in [-0.3, -0.25) is 4.79 Å². The molecule has 1 heterocycles. The molecule has 0 spiro atoms. The maximum Gasteiger partial charge on any atom is 0.317 e. The Labute approximate surface area is 111 Å². The van der Waals surface area contributed by atoms with Gasteiger partial charge in [-0.1, -0.05) is 20.8 Å². The van der Waals surface area contributed by atoms with E-state index in [4.69, 9.17) is 5.11 Å². The highest BCUT2D eigenvalue weighted by molar-refractivity contribution is 5.68. The van der Waals surface area contributed by atoms with Gasteiger partial charge in [0, 0.05) is 6.54 Å². The Hall–Kier alpha value is -0.610. The van der Waals surface area contributed by atoms with Crippen molar-refractivity contribution in [3.8, 4) is 0 Å².